The van der Waals surface area contributed by atoms with E-state index in [9.17, 15) is 0 Å². The minimum absolute atomic E-state index is 0.0366. The SMILES string of the molecule is COc1ccc2cc(-n3nc(C(C)(C)C)cc3N)ccc2n1. The summed E-state index contributed by atoms with van der Waals surface area (Å²) in [6, 6.07) is 11.7. The highest BCUT2D eigenvalue weighted by Crippen LogP contribution is 2.26. The summed E-state index contributed by atoms with van der Waals surface area (Å²) >= 11 is 0. The molecule has 2 heterocycles. The molecule has 0 spiro atoms. The number of ether oxygens (including phenoxy) is 1. The number of nitrogens with zero attached hydrogens (tertiary/aromatic N) is 3. The lowest BCUT2D eigenvalue weighted by Gasteiger charge is -2.14. The molecule has 0 saturated carbocycles. The van der Waals surface area contributed by atoms with Gasteiger partial charge in [-0.05, 0) is 24.3 Å². The summed E-state index contributed by atoms with van der Waals surface area (Å²) in [7, 11) is 1.61. The van der Waals surface area contributed by atoms with E-state index in [1.807, 2.05) is 36.4 Å². The third kappa shape index (κ3) is 2.50. The predicted octanol–water partition coefficient (Wildman–Crippen LogP) is 3.31. The second kappa shape index (κ2) is 5.02. The van der Waals surface area contributed by atoms with Gasteiger partial charge in [-0.25, -0.2) is 9.67 Å². The van der Waals surface area contributed by atoms with E-state index >= 15 is 0 Å². The van der Waals surface area contributed by atoms with Crippen LogP contribution in [0.2, 0.25) is 0 Å². The zero-order valence-electron chi connectivity index (χ0n) is 13.3. The molecule has 1 aromatic carbocycles. The van der Waals surface area contributed by atoms with Gasteiger partial charge < -0.3 is 10.5 Å². The first-order chi connectivity index (χ1) is 10.4. The van der Waals surface area contributed by atoms with Crippen molar-refractivity contribution in [1.29, 1.82) is 0 Å². The molecule has 0 radical (unpaired) electrons. The number of hydrogen-bond donors (Lipinski definition) is 1. The van der Waals surface area contributed by atoms with Crippen LogP contribution in [0.4, 0.5) is 5.82 Å². The van der Waals surface area contributed by atoms with Crippen LogP contribution in [-0.4, -0.2) is 21.9 Å². The highest BCUT2D eigenvalue weighted by molar-refractivity contribution is 5.81. The minimum Gasteiger partial charge on any atom is -0.481 e. The molecule has 22 heavy (non-hydrogen) atoms. The second-order valence-electron chi connectivity index (χ2n) is 6.35. The first-order valence-electron chi connectivity index (χ1n) is 7.20. The maximum Gasteiger partial charge on any atom is 0.213 e. The Morgan fingerprint density at radius 1 is 1.09 bits per heavy atom. The second-order valence-corrected chi connectivity index (χ2v) is 6.35. The van der Waals surface area contributed by atoms with Crippen LogP contribution in [0, 0.1) is 0 Å². The quantitative estimate of drug-likeness (QED) is 0.788. The number of benzene rings is 1. The van der Waals surface area contributed by atoms with Crippen LogP contribution in [0.5, 0.6) is 5.88 Å². The molecule has 3 rings (SSSR count). The van der Waals surface area contributed by atoms with Gasteiger partial charge in [-0.1, -0.05) is 20.8 Å². The van der Waals surface area contributed by atoms with Crippen molar-refractivity contribution < 1.29 is 4.74 Å². The van der Waals surface area contributed by atoms with Crippen molar-refractivity contribution in [2.24, 2.45) is 0 Å². The number of nitrogen functional groups attached to an aromatic ring is 1. The minimum atomic E-state index is -0.0366. The lowest BCUT2D eigenvalue weighted by molar-refractivity contribution is 0.399. The van der Waals surface area contributed by atoms with Gasteiger partial charge in [0.25, 0.3) is 0 Å². The molecule has 5 nitrogen and oxygen atoms in total. The van der Waals surface area contributed by atoms with E-state index in [0.29, 0.717) is 11.7 Å². The van der Waals surface area contributed by atoms with Gasteiger partial charge in [0, 0.05) is 22.9 Å². The Kier molecular flexibility index (Phi) is 3.28. The number of pyridine rings is 1. The van der Waals surface area contributed by atoms with Crippen LogP contribution in [0.1, 0.15) is 26.5 Å². The average molecular weight is 296 g/mol. The molecule has 114 valence electrons. The Hall–Kier alpha value is -2.56. The molecule has 0 aliphatic heterocycles. The maximum atomic E-state index is 6.12. The van der Waals surface area contributed by atoms with Gasteiger partial charge in [-0.15, -0.1) is 0 Å². The Morgan fingerprint density at radius 3 is 2.50 bits per heavy atom. The Balaban J connectivity index is 2.09. The van der Waals surface area contributed by atoms with E-state index in [1.165, 1.54) is 0 Å². The summed E-state index contributed by atoms with van der Waals surface area (Å²) in [4.78, 5) is 4.41. The first kappa shape index (κ1) is 14.4. The van der Waals surface area contributed by atoms with Gasteiger partial charge in [-0.3, -0.25) is 0 Å². The molecule has 2 N–H and O–H groups in total. The molecule has 0 aliphatic rings. The number of hydrogen-bond acceptors (Lipinski definition) is 4. The van der Waals surface area contributed by atoms with Crippen molar-refractivity contribution in [3.63, 3.8) is 0 Å². The lowest BCUT2D eigenvalue weighted by atomic mass is 9.92. The highest BCUT2D eigenvalue weighted by atomic mass is 16.5. The van der Waals surface area contributed by atoms with Gasteiger partial charge in [-0.2, -0.15) is 5.10 Å². The van der Waals surface area contributed by atoms with Gasteiger partial charge >= 0.3 is 0 Å². The molecule has 0 atom stereocenters. The molecule has 0 bridgehead atoms. The summed E-state index contributed by atoms with van der Waals surface area (Å²) in [6.45, 7) is 6.36. The number of rotatable bonds is 2. The van der Waals surface area contributed by atoms with Gasteiger partial charge in [0.1, 0.15) is 5.82 Å². The number of aromatic nitrogens is 3. The number of anilines is 1. The molecular formula is C17H20N4O. The zero-order chi connectivity index (χ0) is 15.9. The molecule has 3 aromatic rings. The standard InChI is InChI=1S/C17H20N4O/c1-17(2,3)14-10-15(18)21(20-14)12-6-7-13-11(9-12)5-8-16(19-13)22-4/h5-10H,18H2,1-4H3. The average Bonchev–Trinajstić information content (AvgIpc) is 2.88. The number of nitrogens with two attached hydrogens (primary N) is 1. The van der Waals surface area contributed by atoms with Crippen LogP contribution in [0.3, 0.4) is 0 Å². The van der Waals surface area contributed by atoms with E-state index in [-0.39, 0.29) is 5.41 Å². The molecule has 0 amide bonds. The Bertz CT molecular complexity index is 830. The molecule has 2 aromatic heterocycles. The number of methoxy groups -OCH3 is 1. The first-order valence-corrected chi connectivity index (χ1v) is 7.20. The fourth-order valence-electron chi connectivity index (χ4n) is 2.31. The summed E-state index contributed by atoms with van der Waals surface area (Å²) in [5.74, 6) is 1.24. The smallest absolute Gasteiger partial charge is 0.213 e. The molecule has 0 aliphatic carbocycles. The fourth-order valence-corrected chi connectivity index (χ4v) is 2.31. The van der Waals surface area contributed by atoms with E-state index in [2.05, 4.69) is 30.9 Å². The van der Waals surface area contributed by atoms with Crippen molar-refractivity contribution in [2.75, 3.05) is 12.8 Å². The molecular weight excluding hydrogens is 276 g/mol. The van der Waals surface area contributed by atoms with E-state index < -0.39 is 0 Å². The van der Waals surface area contributed by atoms with Crippen LogP contribution < -0.4 is 10.5 Å². The van der Waals surface area contributed by atoms with Crippen molar-refractivity contribution in [2.45, 2.75) is 26.2 Å². The lowest BCUT2D eigenvalue weighted by Crippen LogP contribution is -2.12. The molecule has 0 unspecified atom stereocenters. The van der Waals surface area contributed by atoms with Crippen molar-refractivity contribution in [1.82, 2.24) is 14.8 Å². The summed E-state index contributed by atoms with van der Waals surface area (Å²) in [5.41, 5.74) is 8.86. The molecule has 0 fully saturated rings. The van der Waals surface area contributed by atoms with Crippen LogP contribution in [0.25, 0.3) is 16.6 Å². The van der Waals surface area contributed by atoms with Gasteiger partial charge in [0.15, 0.2) is 0 Å². The summed E-state index contributed by atoms with van der Waals surface area (Å²) < 4.78 is 6.92. The van der Waals surface area contributed by atoms with E-state index in [4.69, 9.17) is 10.5 Å². The van der Waals surface area contributed by atoms with Crippen LogP contribution in [-0.2, 0) is 5.41 Å². The van der Waals surface area contributed by atoms with Crippen molar-refractivity contribution in [3.05, 3.63) is 42.1 Å². The van der Waals surface area contributed by atoms with Crippen molar-refractivity contribution in [3.8, 4) is 11.6 Å². The topological polar surface area (TPSA) is 66.0 Å². The number of fused-ring (bicyclic) bond motifs is 1. The van der Waals surface area contributed by atoms with Crippen LogP contribution >= 0.6 is 0 Å². The van der Waals surface area contributed by atoms with E-state index in [1.54, 1.807) is 11.8 Å². The normalized spacial score (nSPS) is 11.8. The van der Waals surface area contributed by atoms with E-state index in [0.717, 1.165) is 22.3 Å². The van der Waals surface area contributed by atoms with Gasteiger partial charge in [0.2, 0.25) is 5.88 Å². The third-order valence-electron chi connectivity index (χ3n) is 3.61. The maximum absolute atomic E-state index is 6.12. The fraction of sp³-hybridized carbons (Fsp3) is 0.294. The van der Waals surface area contributed by atoms with Crippen LogP contribution in [0.15, 0.2) is 36.4 Å². The Morgan fingerprint density at radius 2 is 1.86 bits per heavy atom. The van der Waals surface area contributed by atoms with Gasteiger partial charge in [0.05, 0.1) is 24.0 Å². The summed E-state index contributed by atoms with van der Waals surface area (Å²) in [5, 5.41) is 5.66. The van der Waals surface area contributed by atoms with Crippen molar-refractivity contribution >= 4 is 16.7 Å². The molecule has 0 saturated heterocycles. The molecule has 5 heteroatoms. The Labute approximate surface area is 129 Å². The largest absolute Gasteiger partial charge is 0.481 e. The monoisotopic (exact) mass is 296 g/mol. The zero-order valence-corrected chi connectivity index (χ0v) is 13.3. The highest BCUT2D eigenvalue weighted by Gasteiger charge is 2.19. The third-order valence-corrected chi connectivity index (χ3v) is 3.61. The summed E-state index contributed by atoms with van der Waals surface area (Å²) in [6.07, 6.45) is 0. The predicted molar refractivity (Wildman–Crippen MR) is 88.5 cm³/mol.